The molecule has 156 valence electrons. The lowest BCUT2D eigenvalue weighted by Gasteiger charge is -2.27. The molecule has 0 fully saturated rings. The van der Waals surface area contributed by atoms with Gasteiger partial charge in [-0.1, -0.05) is 61.5 Å². The Morgan fingerprint density at radius 3 is 2.40 bits per heavy atom. The zero-order chi connectivity index (χ0) is 20.5. The standard InChI is InChI=1S/C24H25N3O2.ClH/c1-16(23(25)28)20-15-26(2)21-12-5-6-13-22(21)27(24(20)29)14-18-10-7-9-17-8-3-4-11-19(17)18;/h3-13,16,20H,14-15H2,1-2H3,(H2,25,28);1H/t16?,20-;/m1./s1. The van der Waals surface area contributed by atoms with Gasteiger partial charge in [-0.15, -0.1) is 12.4 Å². The molecule has 0 bridgehead atoms. The molecule has 0 radical (unpaired) electrons. The first kappa shape index (κ1) is 21.7. The summed E-state index contributed by atoms with van der Waals surface area (Å²) in [7, 11) is 1.95. The van der Waals surface area contributed by atoms with Crippen molar-refractivity contribution in [2.45, 2.75) is 13.5 Å². The van der Waals surface area contributed by atoms with Crippen LogP contribution >= 0.6 is 12.4 Å². The van der Waals surface area contributed by atoms with Crippen LogP contribution in [0.2, 0.25) is 0 Å². The molecule has 0 saturated carbocycles. The highest BCUT2D eigenvalue weighted by Crippen LogP contribution is 2.36. The number of halogens is 1. The lowest BCUT2D eigenvalue weighted by molar-refractivity contribution is -0.130. The second kappa shape index (κ2) is 8.76. The lowest BCUT2D eigenvalue weighted by Crippen LogP contribution is -2.44. The Morgan fingerprint density at radius 1 is 1.03 bits per heavy atom. The van der Waals surface area contributed by atoms with Gasteiger partial charge in [-0.3, -0.25) is 9.59 Å². The fraction of sp³-hybridized carbons (Fsp3) is 0.250. The van der Waals surface area contributed by atoms with Crippen molar-refractivity contribution in [1.82, 2.24) is 0 Å². The van der Waals surface area contributed by atoms with Gasteiger partial charge < -0.3 is 15.5 Å². The van der Waals surface area contributed by atoms with Gasteiger partial charge >= 0.3 is 0 Å². The highest BCUT2D eigenvalue weighted by Gasteiger charge is 2.37. The average molecular weight is 424 g/mol. The molecule has 1 unspecified atom stereocenters. The molecule has 0 spiro atoms. The number of amides is 2. The first-order valence-electron chi connectivity index (χ1n) is 9.85. The Hall–Kier alpha value is -3.05. The molecule has 0 aromatic heterocycles. The molecule has 0 aliphatic carbocycles. The molecular formula is C24H26ClN3O2. The molecule has 2 N–H and O–H groups in total. The van der Waals surface area contributed by atoms with E-state index < -0.39 is 17.7 Å². The molecule has 1 heterocycles. The van der Waals surface area contributed by atoms with Crippen LogP contribution in [0.1, 0.15) is 12.5 Å². The van der Waals surface area contributed by atoms with E-state index in [9.17, 15) is 9.59 Å². The predicted octanol–water partition coefficient (Wildman–Crippen LogP) is 3.98. The highest BCUT2D eigenvalue weighted by atomic mass is 35.5. The largest absolute Gasteiger partial charge is 0.372 e. The molecule has 1 aliphatic heterocycles. The Morgan fingerprint density at radius 2 is 1.67 bits per heavy atom. The topological polar surface area (TPSA) is 66.6 Å². The summed E-state index contributed by atoms with van der Waals surface area (Å²) >= 11 is 0. The monoisotopic (exact) mass is 423 g/mol. The van der Waals surface area contributed by atoms with E-state index in [1.807, 2.05) is 59.3 Å². The fourth-order valence-corrected chi connectivity index (χ4v) is 4.14. The van der Waals surface area contributed by atoms with E-state index >= 15 is 0 Å². The van der Waals surface area contributed by atoms with Crippen LogP contribution in [-0.4, -0.2) is 25.4 Å². The third kappa shape index (κ3) is 3.85. The maximum atomic E-state index is 13.6. The van der Waals surface area contributed by atoms with Gasteiger partial charge in [0.05, 0.1) is 23.8 Å². The number of nitrogens with two attached hydrogens (primary N) is 1. The molecule has 1 aliphatic rings. The van der Waals surface area contributed by atoms with Gasteiger partial charge in [-0.2, -0.15) is 0 Å². The van der Waals surface area contributed by atoms with Gasteiger partial charge in [0.1, 0.15) is 0 Å². The van der Waals surface area contributed by atoms with Crippen molar-refractivity contribution in [2.75, 3.05) is 23.4 Å². The van der Waals surface area contributed by atoms with Crippen molar-refractivity contribution in [3.63, 3.8) is 0 Å². The Balaban J connectivity index is 0.00000256. The maximum Gasteiger partial charge on any atom is 0.233 e. The highest BCUT2D eigenvalue weighted by molar-refractivity contribution is 6.02. The van der Waals surface area contributed by atoms with Crippen molar-refractivity contribution in [1.29, 1.82) is 0 Å². The van der Waals surface area contributed by atoms with E-state index in [4.69, 9.17) is 5.73 Å². The fourth-order valence-electron chi connectivity index (χ4n) is 4.14. The van der Waals surface area contributed by atoms with Crippen LogP contribution in [0.25, 0.3) is 10.8 Å². The van der Waals surface area contributed by atoms with E-state index in [1.54, 1.807) is 6.92 Å². The zero-order valence-electron chi connectivity index (χ0n) is 17.1. The molecule has 4 rings (SSSR count). The molecule has 2 atom stereocenters. The molecule has 3 aromatic rings. The summed E-state index contributed by atoms with van der Waals surface area (Å²) in [6, 6.07) is 22.2. The van der Waals surface area contributed by atoms with Gasteiger partial charge in [0, 0.05) is 19.5 Å². The number of nitrogens with zero attached hydrogens (tertiary/aromatic N) is 2. The second-order valence-electron chi connectivity index (χ2n) is 7.73. The summed E-state index contributed by atoms with van der Waals surface area (Å²) in [6.45, 7) is 2.63. The number of primary amides is 1. The number of anilines is 2. The number of carbonyl (C=O) groups is 2. The van der Waals surface area contributed by atoms with Gasteiger partial charge in [0.15, 0.2) is 0 Å². The minimum atomic E-state index is -0.547. The van der Waals surface area contributed by atoms with Crippen LogP contribution < -0.4 is 15.5 Å². The number of carbonyl (C=O) groups excluding carboxylic acids is 2. The van der Waals surface area contributed by atoms with Crippen LogP contribution in [-0.2, 0) is 16.1 Å². The number of fused-ring (bicyclic) bond motifs is 2. The minimum absolute atomic E-state index is 0. The summed E-state index contributed by atoms with van der Waals surface area (Å²) in [5.41, 5.74) is 8.47. The van der Waals surface area contributed by atoms with Crippen molar-refractivity contribution in [3.8, 4) is 0 Å². The first-order chi connectivity index (χ1) is 14.0. The van der Waals surface area contributed by atoms with Gasteiger partial charge in [0.25, 0.3) is 0 Å². The van der Waals surface area contributed by atoms with E-state index in [0.717, 1.165) is 27.7 Å². The molecule has 0 saturated heterocycles. The normalized spacial score (nSPS) is 17.1. The number of hydrogen-bond donors (Lipinski definition) is 1. The van der Waals surface area contributed by atoms with Crippen LogP contribution in [0.4, 0.5) is 11.4 Å². The van der Waals surface area contributed by atoms with E-state index in [1.165, 1.54) is 0 Å². The summed E-state index contributed by atoms with van der Waals surface area (Å²) in [6.07, 6.45) is 0. The van der Waals surface area contributed by atoms with Gasteiger partial charge in [0.2, 0.25) is 11.8 Å². The minimum Gasteiger partial charge on any atom is -0.372 e. The second-order valence-corrected chi connectivity index (χ2v) is 7.73. The Bertz CT molecular complexity index is 1080. The maximum absolute atomic E-state index is 13.6. The third-order valence-electron chi connectivity index (χ3n) is 5.90. The summed E-state index contributed by atoms with van der Waals surface area (Å²) in [5.74, 6) is -1.57. The molecular weight excluding hydrogens is 398 g/mol. The zero-order valence-corrected chi connectivity index (χ0v) is 17.9. The van der Waals surface area contributed by atoms with E-state index in [-0.39, 0.29) is 18.3 Å². The van der Waals surface area contributed by atoms with E-state index in [2.05, 4.69) is 24.3 Å². The summed E-state index contributed by atoms with van der Waals surface area (Å²) in [4.78, 5) is 29.4. The third-order valence-corrected chi connectivity index (χ3v) is 5.90. The molecule has 2 amide bonds. The van der Waals surface area contributed by atoms with Crippen molar-refractivity contribution in [2.24, 2.45) is 17.6 Å². The molecule has 3 aromatic carbocycles. The van der Waals surface area contributed by atoms with Crippen molar-refractivity contribution >= 4 is 46.4 Å². The van der Waals surface area contributed by atoms with Gasteiger partial charge in [-0.25, -0.2) is 0 Å². The SMILES string of the molecule is CC(C(N)=O)[C@H]1CN(C)c2ccccc2N(Cc2cccc3ccccc23)C1=O.Cl. The first-order valence-corrected chi connectivity index (χ1v) is 9.85. The smallest absolute Gasteiger partial charge is 0.233 e. The molecule has 30 heavy (non-hydrogen) atoms. The summed E-state index contributed by atoms with van der Waals surface area (Å²) in [5, 5.41) is 2.26. The number of hydrogen-bond acceptors (Lipinski definition) is 3. The van der Waals surface area contributed by atoms with Crippen LogP contribution in [0.15, 0.2) is 66.7 Å². The number of para-hydroxylation sites is 2. The number of benzene rings is 3. The molecule has 6 heteroatoms. The Labute approximate surface area is 182 Å². The van der Waals surface area contributed by atoms with E-state index in [0.29, 0.717) is 13.1 Å². The van der Waals surface area contributed by atoms with Crippen molar-refractivity contribution < 1.29 is 9.59 Å². The van der Waals surface area contributed by atoms with Crippen LogP contribution in [0.3, 0.4) is 0 Å². The predicted molar refractivity (Wildman–Crippen MR) is 124 cm³/mol. The quantitative estimate of drug-likeness (QED) is 0.690. The van der Waals surface area contributed by atoms with Crippen LogP contribution in [0, 0.1) is 11.8 Å². The van der Waals surface area contributed by atoms with Crippen LogP contribution in [0.5, 0.6) is 0 Å². The van der Waals surface area contributed by atoms with Gasteiger partial charge in [-0.05, 0) is 28.5 Å². The molecule has 5 nitrogen and oxygen atoms in total. The Kier molecular flexibility index (Phi) is 6.32. The average Bonchev–Trinajstić information content (AvgIpc) is 2.84. The lowest BCUT2D eigenvalue weighted by atomic mass is 9.91. The summed E-state index contributed by atoms with van der Waals surface area (Å²) < 4.78 is 0. The van der Waals surface area contributed by atoms with Crippen molar-refractivity contribution in [3.05, 3.63) is 72.3 Å². The number of rotatable bonds is 4.